The Balaban J connectivity index is 2.32. The monoisotopic (exact) mass is 292 g/mol. The summed E-state index contributed by atoms with van der Waals surface area (Å²) in [4.78, 5) is 11.2. The van der Waals surface area contributed by atoms with Crippen LogP contribution in [-0.4, -0.2) is 18.2 Å². The third kappa shape index (κ3) is 7.28. The van der Waals surface area contributed by atoms with Crippen LogP contribution in [-0.2, 0) is 4.74 Å². The van der Waals surface area contributed by atoms with Crippen molar-refractivity contribution in [2.45, 2.75) is 72.2 Å². The molecule has 0 saturated heterocycles. The van der Waals surface area contributed by atoms with Crippen LogP contribution in [0.15, 0.2) is 24.3 Å². The van der Waals surface area contributed by atoms with Gasteiger partial charge in [0.05, 0.1) is 6.10 Å². The fraction of sp³-hybridized carbons (Fsp3) is 0.611. The maximum atomic E-state index is 11.2. The molecule has 0 heterocycles. The van der Waals surface area contributed by atoms with Crippen molar-refractivity contribution in [2.75, 3.05) is 0 Å². The van der Waals surface area contributed by atoms with Gasteiger partial charge in [0.25, 0.3) is 0 Å². The molecule has 1 aromatic rings. The number of ketones is 1. The summed E-state index contributed by atoms with van der Waals surface area (Å²) >= 11 is 0. The first kappa shape index (κ1) is 17.7. The smallest absolute Gasteiger partial charge is 0.197 e. The Morgan fingerprint density at radius 2 is 1.76 bits per heavy atom. The highest BCUT2D eigenvalue weighted by Gasteiger charge is 2.10. The van der Waals surface area contributed by atoms with Crippen molar-refractivity contribution in [3.05, 3.63) is 29.8 Å². The number of unbranched alkanes of at least 4 members (excludes halogenated alkanes) is 3. The lowest BCUT2D eigenvalue weighted by Gasteiger charge is -2.20. The second kappa shape index (κ2) is 9.56. The number of hydrogen-bond acceptors (Lipinski definition) is 3. The van der Waals surface area contributed by atoms with Crippen LogP contribution in [0.1, 0.15) is 70.2 Å². The number of benzene rings is 1. The highest BCUT2D eigenvalue weighted by Crippen LogP contribution is 2.16. The van der Waals surface area contributed by atoms with Gasteiger partial charge in [0, 0.05) is 5.56 Å². The molecule has 2 unspecified atom stereocenters. The molecule has 118 valence electrons. The van der Waals surface area contributed by atoms with E-state index < -0.39 is 0 Å². The second-order valence-corrected chi connectivity index (χ2v) is 5.56. The van der Waals surface area contributed by atoms with E-state index in [-0.39, 0.29) is 18.2 Å². The number of carbonyl (C=O) groups excluding carboxylic acids is 1. The highest BCUT2D eigenvalue weighted by molar-refractivity contribution is 5.94. The van der Waals surface area contributed by atoms with Crippen LogP contribution in [0.5, 0.6) is 5.75 Å². The molecule has 0 aliphatic rings. The Hall–Kier alpha value is -1.35. The van der Waals surface area contributed by atoms with Gasteiger partial charge in [-0.25, -0.2) is 0 Å². The molecule has 3 nitrogen and oxygen atoms in total. The van der Waals surface area contributed by atoms with Gasteiger partial charge in [-0.1, -0.05) is 32.6 Å². The zero-order valence-corrected chi connectivity index (χ0v) is 13.7. The molecule has 0 aliphatic carbocycles. The summed E-state index contributed by atoms with van der Waals surface area (Å²) in [5.41, 5.74) is 0.695. The molecule has 21 heavy (non-hydrogen) atoms. The average molecular weight is 292 g/mol. The largest absolute Gasteiger partial charge is 0.465 e. The van der Waals surface area contributed by atoms with Gasteiger partial charge < -0.3 is 9.47 Å². The first-order chi connectivity index (χ1) is 10.0. The van der Waals surface area contributed by atoms with Crippen molar-refractivity contribution in [3.63, 3.8) is 0 Å². The Morgan fingerprint density at radius 3 is 2.33 bits per heavy atom. The van der Waals surface area contributed by atoms with Gasteiger partial charge in [-0.3, -0.25) is 4.79 Å². The van der Waals surface area contributed by atoms with E-state index in [9.17, 15) is 4.79 Å². The topological polar surface area (TPSA) is 35.5 Å². The zero-order valence-electron chi connectivity index (χ0n) is 13.7. The lowest BCUT2D eigenvalue weighted by molar-refractivity contribution is -0.104. The van der Waals surface area contributed by atoms with E-state index in [2.05, 4.69) is 13.8 Å². The highest BCUT2D eigenvalue weighted by atomic mass is 16.7. The molecule has 0 amide bonds. The van der Waals surface area contributed by atoms with Crippen molar-refractivity contribution in [1.82, 2.24) is 0 Å². The van der Waals surface area contributed by atoms with E-state index in [1.807, 2.05) is 19.1 Å². The second-order valence-electron chi connectivity index (χ2n) is 5.56. The predicted molar refractivity (Wildman–Crippen MR) is 85.8 cm³/mol. The van der Waals surface area contributed by atoms with Crippen molar-refractivity contribution in [1.29, 1.82) is 0 Å². The zero-order chi connectivity index (χ0) is 15.7. The minimum Gasteiger partial charge on any atom is -0.465 e. The molecule has 0 N–H and O–H groups in total. The van der Waals surface area contributed by atoms with Crippen molar-refractivity contribution >= 4 is 5.78 Å². The van der Waals surface area contributed by atoms with E-state index in [0.717, 1.165) is 12.2 Å². The van der Waals surface area contributed by atoms with E-state index >= 15 is 0 Å². The van der Waals surface area contributed by atoms with Gasteiger partial charge in [-0.15, -0.1) is 0 Å². The molecule has 0 saturated carbocycles. The summed E-state index contributed by atoms with van der Waals surface area (Å²) < 4.78 is 11.5. The molecule has 0 spiro atoms. The molecular formula is C18H28O3. The molecular weight excluding hydrogens is 264 g/mol. The lowest BCUT2D eigenvalue weighted by atomic mass is 10.1. The number of Topliss-reactive ketones (excluding diaryl/α,β-unsaturated/α-hetero) is 1. The van der Waals surface area contributed by atoms with E-state index in [0.29, 0.717) is 5.56 Å². The first-order valence-corrected chi connectivity index (χ1v) is 7.96. The summed E-state index contributed by atoms with van der Waals surface area (Å²) in [6.07, 6.45) is 6.01. The van der Waals surface area contributed by atoms with Crippen LogP contribution in [0.3, 0.4) is 0 Å². The quantitative estimate of drug-likeness (QED) is 0.346. The summed E-state index contributed by atoms with van der Waals surface area (Å²) in [6, 6.07) is 7.17. The lowest BCUT2D eigenvalue weighted by Crippen LogP contribution is -2.22. The van der Waals surface area contributed by atoms with E-state index in [1.54, 1.807) is 19.1 Å². The Morgan fingerprint density at radius 1 is 1.10 bits per heavy atom. The molecule has 1 rings (SSSR count). The third-order valence-corrected chi connectivity index (χ3v) is 3.45. The number of rotatable bonds is 10. The summed E-state index contributed by atoms with van der Waals surface area (Å²) in [5, 5.41) is 0. The third-order valence-electron chi connectivity index (χ3n) is 3.45. The maximum absolute atomic E-state index is 11.2. The molecule has 0 aliphatic heterocycles. The van der Waals surface area contributed by atoms with Gasteiger partial charge in [-0.05, 0) is 51.5 Å². The van der Waals surface area contributed by atoms with Crippen LogP contribution >= 0.6 is 0 Å². The Labute approximate surface area is 128 Å². The van der Waals surface area contributed by atoms with Gasteiger partial charge in [0.15, 0.2) is 12.1 Å². The number of ether oxygens (including phenoxy) is 2. The normalized spacial score (nSPS) is 13.7. The minimum atomic E-state index is -0.283. The average Bonchev–Trinajstić information content (AvgIpc) is 2.44. The van der Waals surface area contributed by atoms with Crippen molar-refractivity contribution < 1.29 is 14.3 Å². The molecule has 0 bridgehead atoms. The maximum Gasteiger partial charge on any atom is 0.197 e. The van der Waals surface area contributed by atoms with Crippen LogP contribution in [0.25, 0.3) is 0 Å². The van der Waals surface area contributed by atoms with Crippen LogP contribution in [0.2, 0.25) is 0 Å². The number of hydrogen-bond donors (Lipinski definition) is 0. The van der Waals surface area contributed by atoms with Crippen molar-refractivity contribution in [2.24, 2.45) is 0 Å². The summed E-state index contributed by atoms with van der Waals surface area (Å²) in [7, 11) is 0. The fourth-order valence-electron chi connectivity index (χ4n) is 2.24. The minimum absolute atomic E-state index is 0.0616. The Bertz CT molecular complexity index is 411. The van der Waals surface area contributed by atoms with Crippen LogP contribution < -0.4 is 4.74 Å². The molecule has 2 atom stereocenters. The summed E-state index contributed by atoms with van der Waals surface area (Å²) in [5.74, 6) is 0.789. The van der Waals surface area contributed by atoms with Gasteiger partial charge >= 0.3 is 0 Å². The molecule has 0 radical (unpaired) electrons. The molecule has 0 fully saturated rings. The van der Waals surface area contributed by atoms with Gasteiger partial charge in [0.2, 0.25) is 0 Å². The first-order valence-electron chi connectivity index (χ1n) is 7.96. The summed E-state index contributed by atoms with van der Waals surface area (Å²) in [6.45, 7) is 7.77. The standard InChI is InChI=1S/C18H28O3/c1-5-6-7-8-9-14(2)20-16(4)21-18-12-10-17(11-13-18)15(3)19/h10-14,16H,5-9H2,1-4H3. The number of carbonyl (C=O) groups is 1. The fourth-order valence-corrected chi connectivity index (χ4v) is 2.24. The van der Waals surface area contributed by atoms with Crippen LogP contribution in [0.4, 0.5) is 0 Å². The van der Waals surface area contributed by atoms with Crippen LogP contribution in [0, 0.1) is 0 Å². The van der Waals surface area contributed by atoms with E-state index in [4.69, 9.17) is 9.47 Å². The Kier molecular flexibility index (Phi) is 8.06. The molecule has 0 aromatic heterocycles. The SMILES string of the molecule is CCCCCCC(C)OC(C)Oc1ccc(C(C)=O)cc1. The molecule has 3 heteroatoms. The molecule has 1 aromatic carbocycles. The van der Waals surface area contributed by atoms with Gasteiger partial charge in [0.1, 0.15) is 5.75 Å². The van der Waals surface area contributed by atoms with Gasteiger partial charge in [-0.2, -0.15) is 0 Å². The van der Waals surface area contributed by atoms with E-state index in [1.165, 1.54) is 25.7 Å². The predicted octanol–water partition coefficient (Wildman–Crippen LogP) is 4.99. The van der Waals surface area contributed by atoms with Crippen molar-refractivity contribution in [3.8, 4) is 5.75 Å².